The van der Waals surface area contributed by atoms with Gasteiger partial charge < -0.3 is 5.32 Å². The van der Waals surface area contributed by atoms with Crippen molar-refractivity contribution in [2.45, 2.75) is 57.4 Å². The molecule has 2 atom stereocenters. The predicted octanol–water partition coefficient (Wildman–Crippen LogP) is 3.77. The van der Waals surface area contributed by atoms with Gasteiger partial charge in [-0.25, -0.2) is 0 Å². The van der Waals surface area contributed by atoms with Crippen LogP contribution in [0.5, 0.6) is 0 Å². The molecule has 0 saturated heterocycles. The van der Waals surface area contributed by atoms with Crippen LogP contribution in [-0.4, -0.2) is 11.9 Å². The lowest BCUT2D eigenvalue weighted by Gasteiger charge is -2.30. The topological polar surface area (TPSA) is 52.9 Å². The molecule has 0 spiro atoms. The van der Waals surface area contributed by atoms with Crippen molar-refractivity contribution >= 4 is 5.91 Å². The van der Waals surface area contributed by atoms with Gasteiger partial charge in [-0.05, 0) is 30.7 Å². The Hall–Kier alpha value is -1.82. The van der Waals surface area contributed by atoms with Gasteiger partial charge in [-0.3, -0.25) is 4.79 Å². The maximum atomic E-state index is 12.5. The van der Waals surface area contributed by atoms with Gasteiger partial charge in [0.05, 0.1) is 6.07 Å². The Kier molecular flexibility index (Phi) is 5.80. The summed E-state index contributed by atoms with van der Waals surface area (Å²) in [6.45, 7) is 2.11. The van der Waals surface area contributed by atoms with E-state index in [1.807, 2.05) is 30.3 Å². The van der Waals surface area contributed by atoms with E-state index in [0.717, 1.165) is 12.0 Å². The lowest BCUT2D eigenvalue weighted by Crippen LogP contribution is -2.42. The van der Waals surface area contributed by atoms with E-state index in [2.05, 4.69) is 18.3 Å². The minimum atomic E-state index is -0.705. The molecule has 1 fully saturated rings. The summed E-state index contributed by atoms with van der Waals surface area (Å²) >= 11 is 0. The molecule has 3 heteroatoms. The number of hydrogen-bond donors (Lipinski definition) is 1. The first-order valence-corrected chi connectivity index (χ1v) is 8.01. The average Bonchev–Trinajstić information content (AvgIpc) is 2.55. The van der Waals surface area contributed by atoms with E-state index in [-0.39, 0.29) is 11.9 Å². The average molecular weight is 284 g/mol. The molecule has 2 unspecified atom stereocenters. The van der Waals surface area contributed by atoms with Gasteiger partial charge in [-0.15, -0.1) is 0 Å². The summed E-state index contributed by atoms with van der Waals surface area (Å²) in [6.07, 6.45) is 7.16. The van der Waals surface area contributed by atoms with Gasteiger partial charge in [-0.1, -0.05) is 56.5 Å². The standard InChI is InChI=1S/C18H24N2O/c1-2-17(15-11-7-4-8-12-15)20-18(21)16(13-19)14-9-5-3-6-10-14/h3,5-6,9-10,15-17H,2,4,7-8,11-12H2,1H3,(H,20,21). The zero-order valence-electron chi connectivity index (χ0n) is 12.7. The van der Waals surface area contributed by atoms with Crippen LogP contribution in [0.25, 0.3) is 0 Å². The normalized spacial score (nSPS) is 18.5. The Morgan fingerprint density at radius 1 is 1.29 bits per heavy atom. The van der Waals surface area contributed by atoms with E-state index < -0.39 is 5.92 Å². The van der Waals surface area contributed by atoms with Crippen LogP contribution in [0.2, 0.25) is 0 Å². The maximum Gasteiger partial charge on any atom is 0.242 e. The van der Waals surface area contributed by atoms with E-state index in [1.165, 1.54) is 32.1 Å². The van der Waals surface area contributed by atoms with Crippen LogP contribution >= 0.6 is 0 Å². The highest BCUT2D eigenvalue weighted by atomic mass is 16.1. The monoisotopic (exact) mass is 284 g/mol. The number of carbonyl (C=O) groups excluding carboxylic acids is 1. The van der Waals surface area contributed by atoms with Crippen molar-refractivity contribution in [3.05, 3.63) is 35.9 Å². The van der Waals surface area contributed by atoms with Crippen molar-refractivity contribution in [1.82, 2.24) is 5.32 Å². The number of rotatable bonds is 5. The predicted molar refractivity (Wildman–Crippen MR) is 83.6 cm³/mol. The zero-order chi connectivity index (χ0) is 15.1. The first-order valence-electron chi connectivity index (χ1n) is 8.01. The number of nitrogens with one attached hydrogen (secondary N) is 1. The Morgan fingerprint density at radius 3 is 2.52 bits per heavy atom. The number of hydrogen-bond acceptors (Lipinski definition) is 2. The molecule has 1 saturated carbocycles. The number of amides is 1. The van der Waals surface area contributed by atoms with Gasteiger partial charge in [0.2, 0.25) is 5.91 Å². The highest BCUT2D eigenvalue weighted by Gasteiger charge is 2.27. The molecule has 0 aromatic heterocycles. The van der Waals surface area contributed by atoms with Crippen LogP contribution < -0.4 is 5.32 Å². The maximum absolute atomic E-state index is 12.5. The fraction of sp³-hybridized carbons (Fsp3) is 0.556. The molecule has 1 N–H and O–H groups in total. The van der Waals surface area contributed by atoms with Crippen LogP contribution in [-0.2, 0) is 4.79 Å². The van der Waals surface area contributed by atoms with Crippen molar-refractivity contribution in [1.29, 1.82) is 5.26 Å². The molecule has 0 radical (unpaired) electrons. The van der Waals surface area contributed by atoms with Gasteiger partial charge in [0, 0.05) is 6.04 Å². The molecule has 2 rings (SSSR count). The van der Waals surface area contributed by atoms with Crippen molar-refractivity contribution in [3.8, 4) is 6.07 Å². The molecule has 0 heterocycles. The molecule has 112 valence electrons. The van der Waals surface area contributed by atoms with E-state index in [0.29, 0.717) is 5.92 Å². The SMILES string of the molecule is CCC(NC(=O)C(C#N)c1ccccc1)C1CCCCC1. The van der Waals surface area contributed by atoms with Gasteiger partial charge in [0.1, 0.15) is 5.92 Å². The Labute approximate surface area is 127 Å². The zero-order valence-corrected chi connectivity index (χ0v) is 12.7. The quantitative estimate of drug-likeness (QED) is 0.894. The first-order chi connectivity index (χ1) is 10.3. The molecule has 0 aliphatic heterocycles. The molecule has 1 aliphatic rings. The van der Waals surface area contributed by atoms with E-state index in [4.69, 9.17) is 0 Å². The summed E-state index contributed by atoms with van der Waals surface area (Å²) in [5.74, 6) is -0.284. The highest BCUT2D eigenvalue weighted by molar-refractivity contribution is 5.86. The summed E-state index contributed by atoms with van der Waals surface area (Å²) in [5.41, 5.74) is 0.774. The fourth-order valence-corrected chi connectivity index (χ4v) is 3.29. The first kappa shape index (κ1) is 15.6. The van der Waals surface area contributed by atoms with E-state index >= 15 is 0 Å². The fourth-order valence-electron chi connectivity index (χ4n) is 3.29. The van der Waals surface area contributed by atoms with Gasteiger partial charge in [0.15, 0.2) is 0 Å². The largest absolute Gasteiger partial charge is 0.352 e. The summed E-state index contributed by atoms with van der Waals surface area (Å²) in [5, 5.41) is 12.5. The van der Waals surface area contributed by atoms with Crippen molar-refractivity contribution < 1.29 is 4.79 Å². The van der Waals surface area contributed by atoms with Crippen LogP contribution in [0.15, 0.2) is 30.3 Å². The van der Waals surface area contributed by atoms with Crippen molar-refractivity contribution in [2.75, 3.05) is 0 Å². The van der Waals surface area contributed by atoms with Crippen LogP contribution in [0.1, 0.15) is 56.9 Å². The minimum Gasteiger partial charge on any atom is -0.352 e. The molecule has 3 nitrogen and oxygen atoms in total. The summed E-state index contributed by atoms with van der Waals surface area (Å²) in [4.78, 5) is 12.5. The summed E-state index contributed by atoms with van der Waals surface area (Å²) < 4.78 is 0. The third kappa shape index (κ3) is 4.07. The van der Waals surface area contributed by atoms with Crippen molar-refractivity contribution in [3.63, 3.8) is 0 Å². The second-order valence-electron chi connectivity index (χ2n) is 5.89. The molecule has 1 amide bonds. The number of benzene rings is 1. The Balaban J connectivity index is 2.02. The molecule has 1 aliphatic carbocycles. The third-order valence-corrected chi connectivity index (χ3v) is 4.51. The van der Waals surface area contributed by atoms with Crippen LogP contribution in [0.3, 0.4) is 0 Å². The van der Waals surface area contributed by atoms with Crippen LogP contribution in [0, 0.1) is 17.2 Å². The van der Waals surface area contributed by atoms with Gasteiger partial charge in [0.25, 0.3) is 0 Å². The lowest BCUT2D eigenvalue weighted by molar-refractivity contribution is -0.122. The van der Waals surface area contributed by atoms with Crippen LogP contribution in [0.4, 0.5) is 0 Å². The molecule has 21 heavy (non-hydrogen) atoms. The molecule has 0 bridgehead atoms. The van der Waals surface area contributed by atoms with Gasteiger partial charge >= 0.3 is 0 Å². The second kappa shape index (κ2) is 7.83. The second-order valence-corrected chi connectivity index (χ2v) is 5.89. The van der Waals surface area contributed by atoms with Crippen molar-refractivity contribution in [2.24, 2.45) is 5.92 Å². The number of nitrogens with zero attached hydrogens (tertiary/aromatic N) is 1. The van der Waals surface area contributed by atoms with Gasteiger partial charge in [-0.2, -0.15) is 5.26 Å². The lowest BCUT2D eigenvalue weighted by atomic mass is 9.82. The smallest absolute Gasteiger partial charge is 0.242 e. The highest BCUT2D eigenvalue weighted by Crippen LogP contribution is 2.28. The summed E-state index contributed by atoms with van der Waals surface area (Å²) in [6, 6.07) is 11.7. The van der Waals surface area contributed by atoms with E-state index in [9.17, 15) is 10.1 Å². The third-order valence-electron chi connectivity index (χ3n) is 4.51. The Bertz CT molecular complexity index is 486. The molecular weight excluding hydrogens is 260 g/mol. The minimum absolute atomic E-state index is 0.152. The number of nitriles is 1. The molecule has 1 aromatic carbocycles. The summed E-state index contributed by atoms with van der Waals surface area (Å²) in [7, 11) is 0. The Morgan fingerprint density at radius 2 is 1.95 bits per heavy atom. The van der Waals surface area contributed by atoms with E-state index in [1.54, 1.807) is 0 Å². The number of carbonyl (C=O) groups is 1. The molecule has 1 aromatic rings. The molecular formula is C18H24N2O.